The first kappa shape index (κ1) is 19.5. The minimum Gasteiger partial charge on any atom is -0.306 e. The second-order valence-corrected chi connectivity index (χ2v) is 9.99. The molecule has 0 unspecified atom stereocenters. The molecule has 0 aliphatic carbocycles. The first-order valence-corrected chi connectivity index (χ1v) is 11.4. The number of alkyl halides is 1. The molecule has 2 aliphatic rings. The number of nitrogens with one attached hydrogen (secondary N) is 2. The topological polar surface area (TPSA) is 94.6 Å². The van der Waals surface area contributed by atoms with Crippen LogP contribution in [0.15, 0.2) is 18.2 Å². The molecule has 0 saturated carbocycles. The smallest absolute Gasteiger partial charge is 0.301 e. The van der Waals surface area contributed by atoms with E-state index < -0.39 is 16.4 Å². The fourth-order valence-corrected chi connectivity index (χ4v) is 5.50. The molecule has 11 heteroatoms. The first-order chi connectivity index (χ1) is 13.3. The van der Waals surface area contributed by atoms with Gasteiger partial charge in [0, 0.05) is 19.0 Å². The number of likely N-dealkylation sites (tertiary alicyclic amines) is 1. The summed E-state index contributed by atoms with van der Waals surface area (Å²) in [7, 11) is -1.71. The van der Waals surface area contributed by atoms with Gasteiger partial charge in [-0.1, -0.05) is 11.3 Å². The molecular weight excluding hydrogens is 405 g/mol. The Balaban J connectivity index is 1.44. The summed E-state index contributed by atoms with van der Waals surface area (Å²) in [5.41, 5.74) is 1.06. The van der Waals surface area contributed by atoms with Gasteiger partial charge in [0.1, 0.15) is 6.17 Å². The number of benzene rings is 1. The Morgan fingerprint density at radius 1 is 1.29 bits per heavy atom. The molecule has 0 spiro atoms. The molecule has 1 aromatic carbocycles. The van der Waals surface area contributed by atoms with Gasteiger partial charge in [-0.25, -0.2) is 9.37 Å². The molecule has 2 aliphatic heterocycles. The second kappa shape index (κ2) is 7.54. The van der Waals surface area contributed by atoms with Gasteiger partial charge in [0.05, 0.1) is 15.9 Å². The van der Waals surface area contributed by atoms with E-state index >= 15 is 0 Å². The van der Waals surface area contributed by atoms with E-state index in [0.717, 1.165) is 34.9 Å². The number of carbonyl (C=O) groups is 1. The maximum atomic E-state index is 12.9. The van der Waals surface area contributed by atoms with Crippen molar-refractivity contribution in [3.8, 4) is 0 Å². The van der Waals surface area contributed by atoms with Crippen LogP contribution in [-0.2, 0) is 15.0 Å². The molecule has 3 heterocycles. The average Bonchev–Trinajstić information content (AvgIpc) is 3.00. The molecule has 2 N–H and O–H groups in total. The van der Waals surface area contributed by atoms with Crippen LogP contribution in [0, 0.1) is 5.92 Å². The highest BCUT2D eigenvalue weighted by atomic mass is 32.2. The molecule has 2 fully saturated rings. The van der Waals surface area contributed by atoms with Crippen molar-refractivity contribution >= 4 is 48.5 Å². The highest BCUT2D eigenvalue weighted by Gasteiger charge is 2.35. The molecule has 0 bridgehead atoms. The van der Waals surface area contributed by atoms with E-state index in [1.54, 1.807) is 18.2 Å². The number of fused-ring (bicyclic) bond motifs is 1. The number of aromatic nitrogens is 1. The molecule has 8 nitrogen and oxygen atoms in total. The van der Waals surface area contributed by atoms with Crippen LogP contribution in [0.2, 0.25) is 0 Å². The number of rotatable bonds is 5. The highest BCUT2D eigenvalue weighted by Crippen LogP contribution is 2.30. The van der Waals surface area contributed by atoms with Crippen molar-refractivity contribution in [1.82, 2.24) is 14.2 Å². The Bertz CT molecular complexity index is 982. The summed E-state index contributed by atoms with van der Waals surface area (Å²) in [6.45, 7) is 1.57. The van der Waals surface area contributed by atoms with Crippen LogP contribution in [-0.4, -0.2) is 67.9 Å². The maximum Gasteiger partial charge on any atom is 0.301 e. The number of halogens is 1. The van der Waals surface area contributed by atoms with Crippen molar-refractivity contribution in [2.24, 2.45) is 5.92 Å². The summed E-state index contributed by atoms with van der Waals surface area (Å²) in [5.74, 6) is -0.0342. The van der Waals surface area contributed by atoms with Gasteiger partial charge in [0.25, 0.3) is 0 Å². The van der Waals surface area contributed by atoms with E-state index in [1.165, 1.54) is 11.3 Å². The molecule has 2 aromatic rings. The largest absolute Gasteiger partial charge is 0.306 e. The molecule has 1 aromatic heterocycles. The van der Waals surface area contributed by atoms with Gasteiger partial charge in [-0.2, -0.15) is 12.7 Å². The maximum absolute atomic E-state index is 12.9. The zero-order chi connectivity index (χ0) is 19.9. The summed E-state index contributed by atoms with van der Waals surface area (Å²) in [4.78, 5) is 19.1. The normalized spacial score (nSPS) is 20.2. The summed E-state index contributed by atoms with van der Waals surface area (Å²) < 4.78 is 41.6. The van der Waals surface area contributed by atoms with Crippen LogP contribution in [0.5, 0.6) is 0 Å². The number of amides is 1. The average molecular weight is 428 g/mol. The minimum atomic E-state index is -3.76. The van der Waals surface area contributed by atoms with E-state index in [4.69, 9.17) is 0 Å². The summed E-state index contributed by atoms with van der Waals surface area (Å²) >= 11 is 1.30. The van der Waals surface area contributed by atoms with Gasteiger partial charge in [-0.05, 0) is 51.2 Å². The van der Waals surface area contributed by atoms with Crippen LogP contribution in [0.3, 0.4) is 0 Å². The zero-order valence-electron chi connectivity index (χ0n) is 15.4. The van der Waals surface area contributed by atoms with Crippen LogP contribution in [0.1, 0.15) is 12.8 Å². The van der Waals surface area contributed by atoms with Crippen molar-refractivity contribution in [3.63, 3.8) is 0 Å². The molecule has 0 radical (unpaired) electrons. The Kier molecular flexibility index (Phi) is 5.25. The van der Waals surface area contributed by atoms with E-state index in [2.05, 4.69) is 19.9 Å². The third-order valence-electron chi connectivity index (χ3n) is 5.10. The fraction of sp³-hybridized carbons (Fsp3) is 0.529. The lowest BCUT2D eigenvalue weighted by Gasteiger charge is -2.33. The van der Waals surface area contributed by atoms with Gasteiger partial charge in [0.15, 0.2) is 5.13 Å². The van der Waals surface area contributed by atoms with E-state index in [9.17, 15) is 17.6 Å². The Hall–Kier alpha value is -1.82. The summed E-state index contributed by atoms with van der Waals surface area (Å²) in [5, 5.41) is 3.39. The highest BCUT2D eigenvalue weighted by molar-refractivity contribution is 7.90. The molecule has 0 atom stereocenters. The molecule has 152 valence electrons. The monoisotopic (exact) mass is 427 g/mol. The number of hydrogen-bond donors (Lipinski definition) is 2. The van der Waals surface area contributed by atoms with Crippen molar-refractivity contribution in [2.45, 2.75) is 19.0 Å². The Labute approximate surface area is 166 Å². The lowest BCUT2D eigenvalue weighted by molar-refractivity contribution is -0.121. The van der Waals surface area contributed by atoms with Crippen LogP contribution in [0.25, 0.3) is 10.2 Å². The van der Waals surface area contributed by atoms with Gasteiger partial charge in [-0.15, -0.1) is 0 Å². The third kappa shape index (κ3) is 4.12. The number of nitrogens with zero attached hydrogens (tertiary/aromatic N) is 3. The zero-order valence-corrected chi connectivity index (χ0v) is 17.0. The molecule has 4 rings (SSSR count). The molecule has 28 heavy (non-hydrogen) atoms. The van der Waals surface area contributed by atoms with Crippen LogP contribution in [0.4, 0.5) is 15.2 Å². The lowest BCUT2D eigenvalue weighted by Crippen LogP contribution is -2.53. The number of thiazole rings is 1. The number of carbonyl (C=O) groups excluding carboxylic acids is 1. The SMILES string of the molecule is CN1CCC(C(=O)Nc2nc3ccc(NS(=O)(=O)N4CC(F)C4)cc3s2)CC1. The minimum absolute atomic E-state index is 0.0126. The lowest BCUT2D eigenvalue weighted by atomic mass is 9.96. The second-order valence-electron chi connectivity index (χ2n) is 7.29. The van der Waals surface area contributed by atoms with Crippen molar-refractivity contribution < 1.29 is 17.6 Å². The third-order valence-corrected chi connectivity index (χ3v) is 7.50. The standard InChI is InChI=1S/C17H22FN5O3S2/c1-22-6-4-11(5-7-22)16(24)20-17-19-14-3-2-13(8-15(14)27-17)21-28(25,26)23-9-12(18)10-23/h2-3,8,11-12,21H,4-7,9-10H2,1H3,(H,19,20,24). The molecule has 1 amide bonds. The fourth-order valence-electron chi connectivity index (χ4n) is 3.32. The van der Waals surface area contributed by atoms with E-state index in [-0.39, 0.29) is 24.9 Å². The Morgan fingerprint density at radius 2 is 2.00 bits per heavy atom. The van der Waals surface area contributed by atoms with Gasteiger partial charge in [0.2, 0.25) is 5.91 Å². The van der Waals surface area contributed by atoms with Gasteiger partial charge in [-0.3, -0.25) is 9.52 Å². The predicted molar refractivity (Wildman–Crippen MR) is 107 cm³/mol. The Morgan fingerprint density at radius 3 is 2.68 bits per heavy atom. The van der Waals surface area contributed by atoms with E-state index in [0.29, 0.717) is 16.3 Å². The first-order valence-electron chi connectivity index (χ1n) is 9.12. The summed E-state index contributed by atoms with van der Waals surface area (Å²) in [6, 6.07) is 4.97. The number of hydrogen-bond acceptors (Lipinski definition) is 6. The van der Waals surface area contributed by atoms with Crippen LogP contribution >= 0.6 is 11.3 Å². The molecular formula is C17H22FN5O3S2. The van der Waals surface area contributed by atoms with Crippen LogP contribution < -0.4 is 10.0 Å². The number of piperidine rings is 1. The van der Waals surface area contributed by atoms with Gasteiger partial charge >= 0.3 is 10.2 Å². The van der Waals surface area contributed by atoms with E-state index in [1.807, 2.05) is 7.05 Å². The predicted octanol–water partition coefficient (Wildman–Crippen LogP) is 1.89. The van der Waals surface area contributed by atoms with Crippen molar-refractivity contribution in [2.75, 3.05) is 43.3 Å². The van der Waals surface area contributed by atoms with Crippen molar-refractivity contribution in [1.29, 1.82) is 0 Å². The quantitative estimate of drug-likeness (QED) is 0.760. The molecule has 2 saturated heterocycles. The van der Waals surface area contributed by atoms with Gasteiger partial charge < -0.3 is 10.2 Å². The summed E-state index contributed by atoms with van der Waals surface area (Å²) in [6.07, 6.45) is 0.557. The number of anilines is 2. The van der Waals surface area contributed by atoms with Crippen molar-refractivity contribution in [3.05, 3.63) is 18.2 Å².